The lowest BCUT2D eigenvalue weighted by Crippen LogP contribution is -2.35. The Morgan fingerprint density at radius 2 is 2.22 bits per heavy atom. The summed E-state index contributed by atoms with van der Waals surface area (Å²) >= 11 is 0. The van der Waals surface area contributed by atoms with Crippen LogP contribution in [0.1, 0.15) is 24.2 Å². The first-order valence-corrected chi connectivity index (χ1v) is 6.49. The van der Waals surface area contributed by atoms with Crippen molar-refractivity contribution in [2.45, 2.75) is 32.4 Å². The Labute approximate surface area is 110 Å². The highest BCUT2D eigenvalue weighted by Crippen LogP contribution is 2.10. The molecule has 1 aromatic heterocycles. The average Bonchev–Trinajstić information content (AvgIpc) is 2.34. The molecule has 1 atom stereocenters. The first kappa shape index (κ1) is 15.1. The van der Waals surface area contributed by atoms with Gasteiger partial charge in [-0.2, -0.15) is 0 Å². The van der Waals surface area contributed by atoms with E-state index in [1.165, 1.54) is 0 Å². The lowest BCUT2D eigenvalue weighted by Gasteiger charge is -2.27. The molecular formula is C14H25N3O. The SMILES string of the molecule is COCC(CCCN)N(C)Cc1cccc(C)n1. The molecule has 2 N–H and O–H groups in total. The number of methoxy groups -OCH3 is 1. The van der Waals surface area contributed by atoms with Crippen LogP contribution in [0.15, 0.2) is 18.2 Å². The summed E-state index contributed by atoms with van der Waals surface area (Å²) in [4.78, 5) is 6.82. The monoisotopic (exact) mass is 251 g/mol. The van der Waals surface area contributed by atoms with E-state index in [4.69, 9.17) is 10.5 Å². The summed E-state index contributed by atoms with van der Waals surface area (Å²) in [5.41, 5.74) is 7.74. The van der Waals surface area contributed by atoms with E-state index in [1.54, 1.807) is 7.11 Å². The Morgan fingerprint density at radius 1 is 1.44 bits per heavy atom. The van der Waals surface area contributed by atoms with Crippen LogP contribution in [0.5, 0.6) is 0 Å². The van der Waals surface area contributed by atoms with E-state index in [0.29, 0.717) is 6.04 Å². The third kappa shape index (κ3) is 5.12. The van der Waals surface area contributed by atoms with Gasteiger partial charge in [0.05, 0.1) is 12.3 Å². The molecule has 0 aromatic carbocycles. The van der Waals surface area contributed by atoms with Gasteiger partial charge in [-0.05, 0) is 45.5 Å². The van der Waals surface area contributed by atoms with Crippen LogP contribution in [0.4, 0.5) is 0 Å². The lowest BCUT2D eigenvalue weighted by atomic mass is 10.1. The van der Waals surface area contributed by atoms with Crippen molar-refractivity contribution in [2.75, 3.05) is 27.3 Å². The smallest absolute Gasteiger partial charge is 0.0618 e. The molecule has 1 heterocycles. The van der Waals surface area contributed by atoms with Crippen molar-refractivity contribution < 1.29 is 4.74 Å². The first-order chi connectivity index (χ1) is 8.67. The standard InChI is InChI=1S/C14H25N3O/c1-12-6-4-7-13(16-12)10-17(2)14(11-18-3)8-5-9-15/h4,6-7,14H,5,8-11,15H2,1-3H3. The number of aryl methyl sites for hydroxylation is 1. The minimum Gasteiger partial charge on any atom is -0.383 e. The molecule has 0 saturated heterocycles. The number of hydrogen-bond donors (Lipinski definition) is 1. The highest BCUT2D eigenvalue weighted by molar-refractivity contribution is 5.09. The maximum atomic E-state index is 5.57. The summed E-state index contributed by atoms with van der Waals surface area (Å²) in [6, 6.07) is 6.54. The van der Waals surface area contributed by atoms with Crippen LogP contribution in [0, 0.1) is 6.92 Å². The van der Waals surface area contributed by atoms with E-state index >= 15 is 0 Å². The third-order valence-corrected chi connectivity index (χ3v) is 3.08. The number of likely N-dealkylation sites (N-methyl/N-ethyl adjacent to an activating group) is 1. The van der Waals surface area contributed by atoms with E-state index in [-0.39, 0.29) is 0 Å². The van der Waals surface area contributed by atoms with Crippen molar-refractivity contribution in [1.82, 2.24) is 9.88 Å². The molecule has 0 amide bonds. The van der Waals surface area contributed by atoms with Gasteiger partial charge in [0.15, 0.2) is 0 Å². The van der Waals surface area contributed by atoms with Gasteiger partial charge in [0.1, 0.15) is 0 Å². The van der Waals surface area contributed by atoms with Crippen molar-refractivity contribution in [3.05, 3.63) is 29.6 Å². The number of hydrogen-bond acceptors (Lipinski definition) is 4. The van der Waals surface area contributed by atoms with Gasteiger partial charge in [0.2, 0.25) is 0 Å². The highest BCUT2D eigenvalue weighted by Gasteiger charge is 2.14. The van der Waals surface area contributed by atoms with Gasteiger partial charge in [0, 0.05) is 25.4 Å². The van der Waals surface area contributed by atoms with Gasteiger partial charge in [-0.1, -0.05) is 6.07 Å². The van der Waals surface area contributed by atoms with Crippen LogP contribution in [-0.2, 0) is 11.3 Å². The molecule has 18 heavy (non-hydrogen) atoms. The van der Waals surface area contributed by atoms with Crippen LogP contribution >= 0.6 is 0 Å². The fraction of sp³-hybridized carbons (Fsp3) is 0.643. The molecule has 0 saturated carbocycles. The molecule has 102 valence electrons. The molecule has 0 aliphatic rings. The molecule has 0 radical (unpaired) electrons. The number of nitrogens with zero attached hydrogens (tertiary/aromatic N) is 2. The zero-order chi connectivity index (χ0) is 13.4. The van der Waals surface area contributed by atoms with Crippen molar-refractivity contribution in [2.24, 2.45) is 5.73 Å². The molecule has 0 fully saturated rings. The fourth-order valence-corrected chi connectivity index (χ4v) is 2.05. The summed E-state index contributed by atoms with van der Waals surface area (Å²) in [6.45, 7) is 4.34. The minimum absolute atomic E-state index is 0.404. The number of ether oxygens (including phenoxy) is 1. The summed E-state index contributed by atoms with van der Waals surface area (Å²) < 4.78 is 5.28. The molecule has 1 aromatic rings. The normalized spacial score (nSPS) is 12.9. The third-order valence-electron chi connectivity index (χ3n) is 3.08. The van der Waals surface area contributed by atoms with E-state index in [9.17, 15) is 0 Å². The number of nitrogens with two attached hydrogens (primary N) is 1. The van der Waals surface area contributed by atoms with Crippen molar-refractivity contribution in [3.8, 4) is 0 Å². The molecule has 0 spiro atoms. The second kappa shape index (κ2) is 8.19. The van der Waals surface area contributed by atoms with Gasteiger partial charge in [0.25, 0.3) is 0 Å². The van der Waals surface area contributed by atoms with Gasteiger partial charge < -0.3 is 10.5 Å². The Morgan fingerprint density at radius 3 is 2.83 bits per heavy atom. The molecule has 1 unspecified atom stereocenters. The van der Waals surface area contributed by atoms with Gasteiger partial charge in [-0.25, -0.2) is 0 Å². The van der Waals surface area contributed by atoms with Crippen molar-refractivity contribution in [3.63, 3.8) is 0 Å². The molecule has 4 nitrogen and oxygen atoms in total. The number of aromatic nitrogens is 1. The maximum absolute atomic E-state index is 5.57. The van der Waals surface area contributed by atoms with Crippen molar-refractivity contribution in [1.29, 1.82) is 0 Å². The second-order valence-corrected chi connectivity index (χ2v) is 4.73. The maximum Gasteiger partial charge on any atom is 0.0618 e. The van der Waals surface area contributed by atoms with Crippen molar-refractivity contribution >= 4 is 0 Å². The van der Waals surface area contributed by atoms with Crippen LogP contribution in [0.2, 0.25) is 0 Å². The molecule has 0 bridgehead atoms. The summed E-state index contributed by atoms with van der Waals surface area (Å²) in [5.74, 6) is 0. The van der Waals surface area contributed by atoms with Crippen LogP contribution in [0.3, 0.4) is 0 Å². The summed E-state index contributed by atoms with van der Waals surface area (Å²) in [5, 5.41) is 0. The van der Waals surface area contributed by atoms with E-state index in [2.05, 4.69) is 29.1 Å². The highest BCUT2D eigenvalue weighted by atomic mass is 16.5. The Balaban J connectivity index is 2.56. The Hall–Kier alpha value is -0.970. The van der Waals surface area contributed by atoms with Crippen LogP contribution in [0.25, 0.3) is 0 Å². The Bertz CT molecular complexity index is 344. The topological polar surface area (TPSA) is 51.4 Å². The average molecular weight is 251 g/mol. The predicted octanol–water partition coefficient (Wildman–Crippen LogP) is 1.58. The van der Waals surface area contributed by atoms with E-state index in [1.807, 2.05) is 13.0 Å². The molecule has 1 rings (SSSR count). The van der Waals surface area contributed by atoms with E-state index in [0.717, 1.165) is 43.9 Å². The van der Waals surface area contributed by atoms with Gasteiger partial charge >= 0.3 is 0 Å². The molecular weight excluding hydrogens is 226 g/mol. The minimum atomic E-state index is 0.404. The van der Waals surface area contributed by atoms with Gasteiger partial charge in [-0.3, -0.25) is 9.88 Å². The second-order valence-electron chi connectivity index (χ2n) is 4.73. The van der Waals surface area contributed by atoms with E-state index < -0.39 is 0 Å². The van der Waals surface area contributed by atoms with Gasteiger partial charge in [-0.15, -0.1) is 0 Å². The summed E-state index contributed by atoms with van der Waals surface area (Å²) in [6.07, 6.45) is 2.09. The lowest BCUT2D eigenvalue weighted by molar-refractivity contribution is 0.0955. The largest absolute Gasteiger partial charge is 0.383 e. The zero-order valence-electron chi connectivity index (χ0n) is 11.7. The summed E-state index contributed by atoms with van der Waals surface area (Å²) in [7, 11) is 3.86. The molecule has 0 aliphatic carbocycles. The number of rotatable bonds is 8. The molecule has 4 heteroatoms. The quantitative estimate of drug-likeness (QED) is 0.762. The van der Waals surface area contributed by atoms with Crippen LogP contribution < -0.4 is 5.73 Å². The number of pyridine rings is 1. The zero-order valence-corrected chi connectivity index (χ0v) is 11.7. The Kier molecular flexibility index (Phi) is 6.86. The fourth-order valence-electron chi connectivity index (χ4n) is 2.05. The predicted molar refractivity (Wildman–Crippen MR) is 74.4 cm³/mol. The first-order valence-electron chi connectivity index (χ1n) is 6.49. The molecule has 0 aliphatic heterocycles. The van der Waals surface area contributed by atoms with Crippen LogP contribution in [-0.4, -0.2) is 43.2 Å².